The van der Waals surface area contributed by atoms with Crippen molar-refractivity contribution in [3.05, 3.63) is 11.6 Å². The Morgan fingerprint density at radius 1 is 1.12 bits per heavy atom. The topological polar surface area (TPSA) is 138 Å². The highest BCUT2D eigenvalue weighted by atomic mass is 16.3. The predicted octanol–water partition coefficient (Wildman–Crippen LogP) is 1.71. The van der Waals surface area contributed by atoms with E-state index in [0.29, 0.717) is 38.5 Å². The number of carbonyl (C=O) groups excluding carboxylic acids is 1. The Hall–Kier alpha value is -0.830. The zero-order chi connectivity index (χ0) is 25.3. The first-order valence-electron chi connectivity index (χ1n) is 13.1. The number of fused-ring (bicyclic) bond motifs is 5. The summed E-state index contributed by atoms with van der Waals surface area (Å²) in [6, 6.07) is 0. The normalized spacial score (nSPS) is 47.6. The molecule has 0 aromatic carbocycles. The molecule has 0 bridgehead atoms. The molecule has 0 spiro atoms. The molecule has 0 radical (unpaired) electrons. The molecule has 0 aromatic rings. The molecule has 4 aliphatic rings. The Bertz CT molecular complexity index is 839. The number of aliphatic hydroxyl groups is 6. The lowest BCUT2D eigenvalue weighted by atomic mass is 9.45. The molecule has 34 heavy (non-hydrogen) atoms. The lowest BCUT2D eigenvalue weighted by Gasteiger charge is -2.60. The minimum Gasteiger partial charge on any atom is -0.396 e. The van der Waals surface area contributed by atoms with Crippen LogP contribution in [0.4, 0.5) is 0 Å². The maximum Gasteiger partial charge on any atom is 0.159 e. The van der Waals surface area contributed by atoms with Gasteiger partial charge in [-0.15, -0.1) is 0 Å². The molecule has 0 heterocycles. The third-order valence-corrected chi connectivity index (χ3v) is 10.7. The molecule has 6 N–H and O–H groups in total. The van der Waals surface area contributed by atoms with E-state index in [1.54, 1.807) is 13.0 Å². The van der Waals surface area contributed by atoms with Gasteiger partial charge in [0.2, 0.25) is 0 Å². The maximum atomic E-state index is 13.3. The Kier molecular flexibility index (Phi) is 6.66. The summed E-state index contributed by atoms with van der Waals surface area (Å²) in [5.74, 6) is -0.859. The van der Waals surface area contributed by atoms with Gasteiger partial charge in [0, 0.05) is 17.9 Å². The van der Waals surface area contributed by atoms with Crippen molar-refractivity contribution in [2.24, 2.45) is 34.5 Å². The van der Waals surface area contributed by atoms with Gasteiger partial charge in [0.05, 0.1) is 29.5 Å². The summed E-state index contributed by atoms with van der Waals surface area (Å²) in [5, 5.41) is 64.7. The fourth-order valence-corrected chi connectivity index (χ4v) is 8.37. The van der Waals surface area contributed by atoms with Crippen LogP contribution in [0.5, 0.6) is 0 Å². The van der Waals surface area contributed by atoms with E-state index in [4.69, 9.17) is 0 Å². The number of rotatable bonds is 6. The molecule has 11 atom stereocenters. The molecule has 0 aliphatic heterocycles. The predicted molar refractivity (Wildman–Crippen MR) is 127 cm³/mol. The molecule has 3 saturated carbocycles. The number of allylic oxidation sites excluding steroid dienone is 1. The highest BCUT2D eigenvalue weighted by Gasteiger charge is 2.69. The monoisotopic (exact) mass is 480 g/mol. The first-order valence-corrected chi connectivity index (χ1v) is 13.1. The van der Waals surface area contributed by atoms with Gasteiger partial charge in [0.25, 0.3) is 0 Å². The minimum atomic E-state index is -1.42. The molecule has 0 amide bonds. The Balaban J connectivity index is 1.65. The zero-order valence-electron chi connectivity index (χ0n) is 21.1. The largest absolute Gasteiger partial charge is 0.396 e. The molecular formula is C27H44O7. The quantitative estimate of drug-likeness (QED) is 0.340. The van der Waals surface area contributed by atoms with E-state index < -0.39 is 40.3 Å². The standard InChI is InChI=1S/C27H44O7/c1-15(14-28)5-6-23(32)26(4,33)22-8-10-27(34)17-11-19(29)18-12-20(30)21(31)13-24(18,2)16(17)7-9-25(22,27)3/h11,15-16,18,20-23,28,30-34H,5-10,12-14H2,1-4H3/t15-,16-,18-,20-,21+,22+,23-,24+,25+,26+,27-/m0/s1. The van der Waals surface area contributed by atoms with Gasteiger partial charge in [0.15, 0.2) is 5.78 Å². The molecule has 0 unspecified atom stereocenters. The van der Waals surface area contributed by atoms with E-state index in [1.165, 1.54) is 0 Å². The van der Waals surface area contributed by atoms with Crippen LogP contribution in [0.25, 0.3) is 0 Å². The van der Waals surface area contributed by atoms with Crippen molar-refractivity contribution in [1.29, 1.82) is 0 Å². The molecule has 3 fully saturated rings. The zero-order valence-corrected chi connectivity index (χ0v) is 21.1. The van der Waals surface area contributed by atoms with Crippen LogP contribution in [0.2, 0.25) is 0 Å². The molecule has 194 valence electrons. The fraction of sp³-hybridized carbons (Fsp3) is 0.889. The summed E-state index contributed by atoms with van der Waals surface area (Å²) in [4.78, 5) is 13.3. The molecule has 0 aromatic heterocycles. The first-order chi connectivity index (χ1) is 15.7. The van der Waals surface area contributed by atoms with Gasteiger partial charge in [0.1, 0.15) is 0 Å². The number of hydrogen-bond acceptors (Lipinski definition) is 7. The Morgan fingerprint density at radius 3 is 2.44 bits per heavy atom. The van der Waals surface area contributed by atoms with Gasteiger partial charge in [-0.1, -0.05) is 20.8 Å². The lowest BCUT2D eigenvalue weighted by molar-refractivity contribution is -0.176. The third kappa shape index (κ3) is 3.65. The average molecular weight is 481 g/mol. The van der Waals surface area contributed by atoms with Crippen molar-refractivity contribution >= 4 is 5.78 Å². The SMILES string of the molecule is C[C@H](CO)CC[C@H](O)[C@](C)(O)[C@@H]1CC[C@]2(O)C3=CC(=O)[C@@H]4C[C@H](O)[C@H](O)C[C@]4(C)[C@H]3CC[C@]12C. The molecule has 7 nitrogen and oxygen atoms in total. The van der Waals surface area contributed by atoms with Crippen LogP contribution >= 0.6 is 0 Å². The van der Waals surface area contributed by atoms with Crippen LogP contribution in [0, 0.1) is 34.5 Å². The van der Waals surface area contributed by atoms with Gasteiger partial charge in [-0.2, -0.15) is 0 Å². The van der Waals surface area contributed by atoms with E-state index in [2.05, 4.69) is 0 Å². The lowest BCUT2D eigenvalue weighted by Crippen LogP contribution is -2.62. The fourth-order valence-electron chi connectivity index (χ4n) is 8.37. The van der Waals surface area contributed by atoms with Crippen molar-refractivity contribution in [1.82, 2.24) is 0 Å². The van der Waals surface area contributed by atoms with Crippen molar-refractivity contribution in [2.75, 3.05) is 6.61 Å². The van der Waals surface area contributed by atoms with E-state index in [9.17, 15) is 35.4 Å². The molecular weight excluding hydrogens is 436 g/mol. The number of ketones is 1. The summed E-state index contributed by atoms with van der Waals surface area (Å²) in [5.41, 5.74) is -3.21. The van der Waals surface area contributed by atoms with E-state index >= 15 is 0 Å². The van der Waals surface area contributed by atoms with Gasteiger partial charge >= 0.3 is 0 Å². The summed E-state index contributed by atoms with van der Waals surface area (Å²) in [7, 11) is 0. The van der Waals surface area contributed by atoms with Crippen LogP contribution in [0.3, 0.4) is 0 Å². The Morgan fingerprint density at radius 2 is 1.79 bits per heavy atom. The van der Waals surface area contributed by atoms with Gasteiger partial charge < -0.3 is 30.6 Å². The number of hydrogen-bond donors (Lipinski definition) is 6. The summed E-state index contributed by atoms with van der Waals surface area (Å²) in [6.07, 6.45) is 2.65. The van der Waals surface area contributed by atoms with Gasteiger partial charge in [-0.05, 0) is 93.1 Å². The van der Waals surface area contributed by atoms with Crippen molar-refractivity contribution in [2.45, 2.75) is 109 Å². The molecule has 4 rings (SSSR count). The molecule has 0 saturated heterocycles. The number of carbonyl (C=O) groups is 1. The highest BCUT2D eigenvalue weighted by Crippen LogP contribution is 2.68. The van der Waals surface area contributed by atoms with E-state index in [-0.39, 0.29) is 42.5 Å². The summed E-state index contributed by atoms with van der Waals surface area (Å²) < 4.78 is 0. The minimum absolute atomic E-state index is 0.0326. The van der Waals surface area contributed by atoms with Crippen LogP contribution in [-0.2, 0) is 4.79 Å². The highest BCUT2D eigenvalue weighted by molar-refractivity contribution is 5.95. The van der Waals surface area contributed by atoms with Crippen LogP contribution in [0.1, 0.15) is 79.1 Å². The van der Waals surface area contributed by atoms with Gasteiger partial charge in [-0.25, -0.2) is 0 Å². The van der Waals surface area contributed by atoms with E-state index in [1.807, 2.05) is 20.8 Å². The first kappa shape index (κ1) is 26.2. The van der Waals surface area contributed by atoms with Crippen molar-refractivity contribution in [3.63, 3.8) is 0 Å². The second kappa shape index (κ2) is 8.63. The van der Waals surface area contributed by atoms with Crippen LogP contribution in [-0.4, -0.2) is 72.5 Å². The summed E-state index contributed by atoms with van der Waals surface area (Å²) >= 11 is 0. The second-order valence-electron chi connectivity index (χ2n) is 12.7. The average Bonchev–Trinajstić information content (AvgIpc) is 3.06. The third-order valence-electron chi connectivity index (χ3n) is 10.7. The van der Waals surface area contributed by atoms with Crippen LogP contribution in [0.15, 0.2) is 11.6 Å². The second-order valence-corrected chi connectivity index (χ2v) is 12.7. The number of aliphatic hydroxyl groups excluding tert-OH is 4. The summed E-state index contributed by atoms with van der Waals surface area (Å²) in [6.45, 7) is 7.59. The maximum absolute atomic E-state index is 13.3. The van der Waals surface area contributed by atoms with Crippen LogP contribution < -0.4 is 0 Å². The van der Waals surface area contributed by atoms with Gasteiger partial charge in [-0.3, -0.25) is 4.79 Å². The molecule has 7 heteroatoms. The van der Waals surface area contributed by atoms with Crippen molar-refractivity contribution < 1.29 is 35.4 Å². The Labute approximate surface area is 202 Å². The smallest absolute Gasteiger partial charge is 0.159 e. The molecule has 4 aliphatic carbocycles. The van der Waals surface area contributed by atoms with Crippen molar-refractivity contribution in [3.8, 4) is 0 Å². The van der Waals surface area contributed by atoms with E-state index in [0.717, 1.165) is 12.0 Å².